The first-order valence-electron chi connectivity index (χ1n) is 4.44. The van der Waals surface area contributed by atoms with Gasteiger partial charge in [0.05, 0.1) is 0 Å². The highest BCUT2D eigenvalue weighted by molar-refractivity contribution is 6.58. The van der Waals surface area contributed by atoms with Gasteiger partial charge in [0.2, 0.25) is 0 Å². The average molecular weight is 206 g/mol. The first-order chi connectivity index (χ1) is 7.09. The lowest BCUT2D eigenvalue weighted by atomic mass is 9.80. The summed E-state index contributed by atoms with van der Waals surface area (Å²) < 4.78 is 0. The third-order valence-corrected chi connectivity index (χ3v) is 1.89. The highest BCUT2D eigenvalue weighted by Gasteiger charge is 2.08. The standard InChI is InChI=1S/C10H11BO4/c12-10(13)3-1-2-8-4-6-9(7-5-8)11(14)15/h1,3-7,14-15H,2H2,(H,12,13)/b3-1+. The van der Waals surface area contributed by atoms with Gasteiger partial charge in [-0.3, -0.25) is 0 Å². The molecule has 1 rings (SSSR count). The van der Waals surface area contributed by atoms with Crippen molar-refractivity contribution in [1.82, 2.24) is 0 Å². The highest BCUT2D eigenvalue weighted by atomic mass is 16.4. The Morgan fingerprint density at radius 2 is 1.87 bits per heavy atom. The van der Waals surface area contributed by atoms with E-state index in [1.165, 1.54) is 6.08 Å². The zero-order chi connectivity index (χ0) is 11.3. The molecule has 0 amide bonds. The number of hydrogen-bond donors (Lipinski definition) is 3. The summed E-state index contributed by atoms with van der Waals surface area (Å²) in [6.45, 7) is 0. The number of carboxylic acid groups (broad SMARTS) is 1. The van der Waals surface area contributed by atoms with E-state index in [0.29, 0.717) is 11.9 Å². The normalized spacial score (nSPS) is 10.5. The van der Waals surface area contributed by atoms with E-state index >= 15 is 0 Å². The maximum atomic E-state index is 10.2. The summed E-state index contributed by atoms with van der Waals surface area (Å²) in [5.74, 6) is -0.975. The predicted molar refractivity (Wildman–Crippen MR) is 56.7 cm³/mol. The second kappa shape index (κ2) is 5.33. The Bertz CT molecular complexity index is 356. The second-order valence-corrected chi connectivity index (χ2v) is 3.06. The van der Waals surface area contributed by atoms with Crippen molar-refractivity contribution in [3.63, 3.8) is 0 Å². The van der Waals surface area contributed by atoms with Crippen molar-refractivity contribution in [2.24, 2.45) is 0 Å². The fourth-order valence-electron chi connectivity index (χ4n) is 1.12. The lowest BCUT2D eigenvalue weighted by molar-refractivity contribution is -0.131. The van der Waals surface area contributed by atoms with E-state index in [-0.39, 0.29) is 0 Å². The van der Waals surface area contributed by atoms with Crippen molar-refractivity contribution in [2.75, 3.05) is 0 Å². The van der Waals surface area contributed by atoms with Crippen LogP contribution >= 0.6 is 0 Å². The molecule has 0 saturated heterocycles. The number of hydrogen-bond acceptors (Lipinski definition) is 3. The Kier molecular flexibility index (Phi) is 4.09. The SMILES string of the molecule is O=C(O)/C=C/Cc1ccc(B(O)O)cc1. The number of rotatable bonds is 4. The molecular formula is C10H11BO4. The van der Waals surface area contributed by atoms with E-state index < -0.39 is 13.1 Å². The quantitative estimate of drug-likeness (QED) is 0.460. The minimum Gasteiger partial charge on any atom is -0.478 e. The van der Waals surface area contributed by atoms with Crippen LogP contribution in [0.2, 0.25) is 0 Å². The molecule has 0 unspecified atom stereocenters. The average Bonchev–Trinajstić information content (AvgIpc) is 2.18. The molecule has 0 spiro atoms. The van der Waals surface area contributed by atoms with Gasteiger partial charge in [-0.15, -0.1) is 0 Å². The maximum absolute atomic E-state index is 10.2. The minimum atomic E-state index is -1.46. The summed E-state index contributed by atoms with van der Waals surface area (Å²) in [4.78, 5) is 10.2. The summed E-state index contributed by atoms with van der Waals surface area (Å²) >= 11 is 0. The van der Waals surface area contributed by atoms with Crippen LogP contribution in [-0.2, 0) is 11.2 Å². The highest BCUT2D eigenvalue weighted by Crippen LogP contribution is 1.99. The van der Waals surface area contributed by atoms with Crippen LogP contribution in [-0.4, -0.2) is 28.2 Å². The molecule has 1 aromatic carbocycles. The van der Waals surface area contributed by atoms with Gasteiger partial charge in [0.15, 0.2) is 0 Å². The Balaban J connectivity index is 2.61. The van der Waals surface area contributed by atoms with Gasteiger partial charge in [0.1, 0.15) is 0 Å². The van der Waals surface area contributed by atoms with Gasteiger partial charge in [-0.1, -0.05) is 30.3 Å². The van der Waals surface area contributed by atoms with E-state index in [1.807, 2.05) is 0 Å². The molecule has 4 nitrogen and oxygen atoms in total. The lowest BCUT2D eigenvalue weighted by Crippen LogP contribution is -2.29. The number of carbonyl (C=O) groups is 1. The lowest BCUT2D eigenvalue weighted by Gasteiger charge is -2.00. The zero-order valence-corrected chi connectivity index (χ0v) is 8.00. The van der Waals surface area contributed by atoms with Crippen molar-refractivity contribution < 1.29 is 19.9 Å². The predicted octanol–water partition coefficient (Wildman–Crippen LogP) is -0.450. The van der Waals surface area contributed by atoms with E-state index in [1.54, 1.807) is 24.3 Å². The number of aliphatic carboxylic acids is 1. The van der Waals surface area contributed by atoms with Gasteiger partial charge in [0, 0.05) is 6.08 Å². The van der Waals surface area contributed by atoms with Gasteiger partial charge in [-0.2, -0.15) is 0 Å². The minimum absolute atomic E-state index is 0.418. The summed E-state index contributed by atoms with van der Waals surface area (Å²) in [6.07, 6.45) is 3.12. The van der Waals surface area contributed by atoms with Crippen LogP contribution in [0.4, 0.5) is 0 Å². The molecule has 0 fully saturated rings. The molecule has 78 valence electrons. The summed E-state index contributed by atoms with van der Waals surface area (Å²) in [6, 6.07) is 6.63. The van der Waals surface area contributed by atoms with E-state index in [9.17, 15) is 4.79 Å². The molecule has 0 aliphatic heterocycles. The Hall–Kier alpha value is -1.59. The third kappa shape index (κ3) is 3.97. The smallest absolute Gasteiger partial charge is 0.478 e. The van der Waals surface area contributed by atoms with Crippen LogP contribution < -0.4 is 5.46 Å². The van der Waals surface area contributed by atoms with E-state index in [0.717, 1.165) is 11.6 Å². The fourth-order valence-corrected chi connectivity index (χ4v) is 1.12. The van der Waals surface area contributed by atoms with Gasteiger partial charge in [-0.05, 0) is 17.4 Å². The molecule has 0 bridgehead atoms. The number of benzene rings is 1. The molecule has 15 heavy (non-hydrogen) atoms. The van der Waals surface area contributed by atoms with Crippen molar-refractivity contribution >= 4 is 18.6 Å². The Morgan fingerprint density at radius 3 is 2.33 bits per heavy atom. The van der Waals surface area contributed by atoms with Crippen LogP contribution in [0, 0.1) is 0 Å². The molecule has 0 aliphatic carbocycles. The van der Waals surface area contributed by atoms with Gasteiger partial charge >= 0.3 is 13.1 Å². The van der Waals surface area contributed by atoms with E-state index in [4.69, 9.17) is 15.2 Å². The van der Waals surface area contributed by atoms with Crippen LogP contribution in [0.1, 0.15) is 5.56 Å². The molecular weight excluding hydrogens is 195 g/mol. The van der Waals surface area contributed by atoms with Gasteiger partial charge in [0.25, 0.3) is 0 Å². The number of allylic oxidation sites excluding steroid dienone is 1. The van der Waals surface area contributed by atoms with Crippen molar-refractivity contribution in [2.45, 2.75) is 6.42 Å². The van der Waals surface area contributed by atoms with Crippen molar-refractivity contribution in [3.8, 4) is 0 Å². The van der Waals surface area contributed by atoms with Crippen LogP contribution in [0.3, 0.4) is 0 Å². The van der Waals surface area contributed by atoms with Crippen LogP contribution in [0.25, 0.3) is 0 Å². The Morgan fingerprint density at radius 1 is 1.27 bits per heavy atom. The van der Waals surface area contributed by atoms with Crippen LogP contribution in [0.15, 0.2) is 36.4 Å². The van der Waals surface area contributed by atoms with Gasteiger partial charge < -0.3 is 15.2 Å². The van der Waals surface area contributed by atoms with Crippen molar-refractivity contribution in [1.29, 1.82) is 0 Å². The molecule has 0 atom stereocenters. The first-order valence-corrected chi connectivity index (χ1v) is 4.44. The summed E-state index contributed by atoms with van der Waals surface area (Å²) in [5, 5.41) is 26.0. The number of carboxylic acids is 1. The second-order valence-electron chi connectivity index (χ2n) is 3.06. The molecule has 5 heteroatoms. The first kappa shape index (κ1) is 11.5. The molecule has 0 heterocycles. The third-order valence-electron chi connectivity index (χ3n) is 1.89. The summed E-state index contributed by atoms with van der Waals surface area (Å²) in [7, 11) is -1.46. The summed E-state index contributed by atoms with van der Waals surface area (Å²) in [5.41, 5.74) is 1.33. The zero-order valence-electron chi connectivity index (χ0n) is 8.00. The molecule has 0 radical (unpaired) electrons. The Labute approximate surface area is 87.6 Å². The monoisotopic (exact) mass is 206 g/mol. The van der Waals surface area contributed by atoms with E-state index in [2.05, 4.69) is 0 Å². The largest absolute Gasteiger partial charge is 0.488 e. The van der Waals surface area contributed by atoms with Crippen molar-refractivity contribution in [3.05, 3.63) is 42.0 Å². The fraction of sp³-hybridized carbons (Fsp3) is 0.100. The molecule has 3 N–H and O–H groups in total. The van der Waals surface area contributed by atoms with Crippen LogP contribution in [0.5, 0.6) is 0 Å². The molecule has 0 aromatic heterocycles. The molecule has 0 saturated carbocycles. The molecule has 0 aliphatic rings. The molecule has 1 aromatic rings. The maximum Gasteiger partial charge on any atom is 0.488 e. The topological polar surface area (TPSA) is 77.8 Å². The van der Waals surface area contributed by atoms with Gasteiger partial charge in [-0.25, -0.2) is 4.79 Å².